The summed E-state index contributed by atoms with van der Waals surface area (Å²) in [4.78, 5) is 8.56. The van der Waals surface area contributed by atoms with Crippen molar-refractivity contribution in [2.75, 3.05) is 13.7 Å². The van der Waals surface area contributed by atoms with Crippen LogP contribution in [0.1, 0.15) is 48.5 Å². The molecule has 4 rings (SSSR count). The number of hydrogen-bond donors (Lipinski definition) is 1. The number of hydrogen-bond acceptors (Lipinski definition) is 6. The summed E-state index contributed by atoms with van der Waals surface area (Å²) >= 11 is 1.52. The third kappa shape index (κ3) is 2.95. The zero-order valence-electron chi connectivity index (χ0n) is 15.3. The van der Waals surface area contributed by atoms with Crippen molar-refractivity contribution >= 4 is 16.3 Å². The Morgan fingerprint density at radius 2 is 2.04 bits per heavy atom. The first kappa shape index (κ1) is 17.3. The topological polar surface area (TPSA) is 62.9 Å². The molecule has 1 fully saturated rings. The second kappa shape index (κ2) is 6.89. The molecule has 2 aromatic heterocycles. The molecular weight excluding hydrogens is 348 g/mol. The van der Waals surface area contributed by atoms with E-state index in [1.54, 1.807) is 11.6 Å². The van der Waals surface area contributed by atoms with E-state index in [1.165, 1.54) is 30.6 Å². The normalized spacial score (nSPS) is 19.7. The zero-order valence-corrected chi connectivity index (χ0v) is 16.2. The van der Waals surface area contributed by atoms with Gasteiger partial charge in [-0.05, 0) is 50.9 Å². The van der Waals surface area contributed by atoms with Gasteiger partial charge in [0.05, 0.1) is 18.0 Å². The van der Waals surface area contributed by atoms with Gasteiger partial charge in [-0.2, -0.15) is 4.52 Å². The largest absolute Gasteiger partial charge is 0.497 e. The van der Waals surface area contributed by atoms with Crippen molar-refractivity contribution in [2.45, 2.75) is 45.2 Å². The van der Waals surface area contributed by atoms with Gasteiger partial charge in [0, 0.05) is 6.04 Å². The number of thiazole rings is 1. The maximum absolute atomic E-state index is 10.9. The average molecular weight is 372 g/mol. The quantitative estimate of drug-likeness (QED) is 0.755. The summed E-state index contributed by atoms with van der Waals surface area (Å²) < 4.78 is 6.87. The van der Waals surface area contributed by atoms with Gasteiger partial charge in [-0.1, -0.05) is 29.9 Å². The molecule has 6 nitrogen and oxygen atoms in total. The van der Waals surface area contributed by atoms with Crippen LogP contribution < -0.4 is 4.74 Å². The number of aryl methyl sites for hydroxylation is 1. The molecule has 7 heteroatoms. The number of piperidine rings is 1. The molecule has 0 spiro atoms. The van der Waals surface area contributed by atoms with Crippen LogP contribution in [0, 0.1) is 6.92 Å². The summed E-state index contributed by atoms with van der Waals surface area (Å²) in [6.07, 6.45) is 3.61. The highest BCUT2D eigenvalue weighted by Crippen LogP contribution is 2.42. The van der Waals surface area contributed by atoms with Gasteiger partial charge in [0.15, 0.2) is 0 Å². The second-order valence-corrected chi connectivity index (χ2v) is 7.91. The van der Waals surface area contributed by atoms with Crippen molar-refractivity contribution in [1.82, 2.24) is 19.5 Å². The van der Waals surface area contributed by atoms with Gasteiger partial charge < -0.3 is 9.84 Å². The summed E-state index contributed by atoms with van der Waals surface area (Å²) in [7, 11) is 1.67. The Labute approximate surface area is 157 Å². The number of rotatable bonds is 4. The van der Waals surface area contributed by atoms with Crippen molar-refractivity contribution in [2.24, 2.45) is 0 Å². The van der Waals surface area contributed by atoms with Crippen LogP contribution in [0.2, 0.25) is 0 Å². The monoisotopic (exact) mass is 372 g/mol. The number of nitrogens with zero attached hydrogens (tertiary/aromatic N) is 4. The Hall–Kier alpha value is -2.12. The molecule has 3 aromatic rings. The first-order valence-corrected chi connectivity index (χ1v) is 9.85. The highest BCUT2D eigenvalue weighted by molar-refractivity contribution is 7.17. The molecule has 1 saturated heterocycles. The summed E-state index contributed by atoms with van der Waals surface area (Å²) in [6, 6.07) is 8.59. The highest BCUT2D eigenvalue weighted by Gasteiger charge is 2.33. The zero-order chi connectivity index (χ0) is 18.3. The Morgan fingerprint density at radius 1 is 1.27 bits per heavy atom. The van der Waals surface area contributed by atoms with E-state index in [2.05, 4.69) is 34.0 Å². The molecule has 1 aliphatic rings. The van der Waals surface area contributed by atoms with Crippen LogP contribution >= 0.6 is 11.3 Å². The average Bonchev–Trinajstić information content (AvgIpc) is 3.15. The Kier molecular flexibility index (Phi) is 4.58. The molecule has 0 bridgehead atoms. The lowest BCUT2D eigenvalue weighted by Gasteiger charge is -2.39. The fraction of sp³-hybridized carbons (Fsp3) is 0.474. The SMILES string of the molecule is COc1ccc(C(c2sc3nc(C)nn3c2O)N2CCCCC2C)cc1. The van der Waals surface area contributed by atoms with Gasteiger partial charge in [-0.3, -0.25) is 4.90 Å². The number of aromatic nitrogens is 3. The lowest BCUT2D eigenvalue weighted by atomic mass is 9.96. The van der Waals surface area contributed by atoms with Gasteiger partial charge in [-0.25, -0.2) is 4.98 Å². The Morgan fingerprint density at radius 3 is 2.69 bits per heavy atom. The minimum absolute atomic E-state index is 0.00925. The first-order valence-electron chi connectivity index (χ1n) is 9.03. The van der Waals surface area contributed by atoms with E-state index in [0.717, 1.165) is 27.7 Å². The van der Waals surface area contributed by atoms with Crippen LogP contribution in [0.5, 0.6) is 11.6 Å². The lowest BCUT2D eigenvalue weighted by molar-refractivity contribution is 0.125. The number of fused-ring (bicyclic) bond motifs is 1. The maximum atomic E-state index is 10.9. The molecule has 138 valence electrons. The molecule has 3 heterocycles. The van der Waals surface area contributed by atoms with Crippen LogP contribution in [-0.2, 0) is 0 Å². The van der Waals surface area contributed by atoms with E-state index in [1.807, 2.05) is 19.1 Å². The van der Waals surface area contributed by atoms with Gasteiger partial charge >= 0.3 is 0 Å². The molecule has 0 saturated carbocycles. The van der Waals surface area contributed by atoms with E-state index >= 15 is 0 Å². The molecule has 2 unspecified atom stereocenters. The number of benzene rings is 1. The lowest BCUT2D eigenvalue weighted by Crippen LogP contribution is -2.40. The highest BCUT2D eigenvalue weighted by atomic mass is 32.1. The van der Waals surface area contributed by atoms with Crippen LogP contribution in [-0.4, -0.2) is 44.3 Å². The molecule has 0 amide bonds. The van der Waals surface area contributed by atoms with Crippen LogP contribution in [0.3, 0.4) is 0 Å². The molecule has 1 aliphatic heterocycles. The van der Waals surface area contributed by atoms with Crippen molar-refractivity contribution in [1.29, 1.82) is 0 Å². The molecule has 26 heavy (non-hydrogen) atoms. The molecule has 0 aliphatic carbocycles. The van der Waals surface area contributed by atoms with Crippen molar-refractivity contribution in [3.8, 4) is 11.6 Å². The van der Waals surface area contributed by atoms with Crippen LogP contribution in [0.25, 0.3) is 4.96 Å². The van der Waals surface area contributed by atoms with Crippen LogP contribution in [0.4, 0.5) is 0 Å². The third-order valence-electron chi connectivity index (χ3n) is 5.17. The first-order chi connectivity index (χ1) is 12.6. The molecule has 1 N–H and O–H groups in total. The Bertz CT molecular complexity index is 902. The number of aromatic hydroxyl groups is 1. The summed E-state index contributed by atoms with van der Waals surface area (Å²) in [5, 5.41) is 15.2. The van der Waals surface area contributed by atoms with Crippen molar-refractivity contribution < 1.29 is 9.84 Å². The van der Waals surface area contributed by atoms with E-state index in [9.17, 15) is 5.11 Å². The number of ether oxygens (including phenoxy) is 1. The van der Waals surface area contributed by atoms with E-state index in [0.29, 0.717) is 11.9 Å². The minimum atomic E-state index is -0.00925. The summed E-state index contributed by atoms with van der Waals surface area (Å²) in [5.74, 6) is 1.70. The van der Waals surface area contributed by atoms with Gasteiger partial charge in [-0.15, -0.1) is 5.10 Å². The van der Waals surface area contributed by atoms with Gasteiger partial charge in [0.2, 0.25) is 10.8 Å². The predicted molar refractivity (Wildman–Crippen MR) is 102 cm³/mol. The maximum Gasteiger partial charge on any atom is 0.230 e. The number of likely N-dealkylation sites (tertiary alicyclic amines) is 1. The van der Waals surface area contributed by atoms with E-state index < -0.39 is 0 Å². The minimum Gasteiger partial charge on any atom is -0.497 e. The summed E-state index contributed by atoms with van der Waals surface area (Å²) in [5.41, 5.74) is 1.15. The summed E-state index contributed by atoms with van der Waals surface area (Å²) in [6.45, 7) is 5.13. The second-order valence-electron chi connectivity index (χ2n) is 6.90. The molecule has 0 radical (unpaired) electrons. The third-order valence-corrected chi connectivity index (χ3v) is 6.24. The van der Waals surface area contributed by atoms with Crippen LogP contribution in [0.15, 0.2) is 24.3 Å². The van der Waals surface area contributed by atoms with E-state index in [4.69, 9.17) is 4.74 Å². The molecule has 1 aromatic carbocycles. The molecular formula is C19H24N4O2S. The van der Waals surface area contributed by atoms with Gasteiger partial charge in [0.1, 0.15) is 11.6 Å². The van der Waals surface area contributed by atoms with Gasteiger partial charge in [0.25, 0.3) is 0 Å². The smallest absolute Gasteiger partial charge is 0.230 e. The molecule has 2 atom stereocenters. The predicted octanol–water partition coefficient (Wildman–Crippen LogP) is 3.78. The van der Waals surface area contributed by atoms with E-state index in [-0.39, 0.29) is 11.9 Å². The van der Waals surface area contributed by atoms with Crippen molar-refractivity contribution in [3.63, 3.8) is 0 Å². The fourth-order valence-electron chi connectivity index (χ4n) is 3.81. The number of methoxy groups -OCH3 is 1. The Balaban J connectivity index is 1.82. The van der Waals surface area contributed by atoms with Crippen molar-refractivity contribution in [3.05, 3.63) is 40.5 Å². The fourth-order valence-corrected chi connectivity index (χ4v) is 4.96. The standard InChI is InChI=1S/C19H24N4O2S/c1-12-6-4-5-11-22(12)16(14-7-9-15(25-3)10-8-14)17-18(24)23-19(26-17)20-13(2)21-23/h7-10,12,16,24H,4-6,11H2,1-3H3.